The zero-order chi connectivity index (χ0) is 17.8. The van der Waals surface area contributed by atoms with E-state index in [2.05, 4.69) is 0 Å². The van der Waals surface area contributed by atoms with E-state index < -0.39 is 11.2 Å². The molecular weight excluding hydrogens is 310 g/mol. The molecule has 0 spiro atoms. The molecule has 0 bridgehead atoms. The lowest BCUT2D eigenvalue weighted by molar-refractivity contribution is -0.127. The van der Waals surface area contributed by atoms with E-state index in [1.165, 1.54) is 4.57 Å². The number of aliphatic hydroxyl groups excluding tert-OH is 1. The van der Waals surface area contributed by atoms with E-state index in [-0.39, 0.29) is 35.7 Å². The van der Waals surface area contributed by atoms with Gasteiger partial charge in [0.25, 0.3) is 0 Å². The molecule has 0 unspecified atom stereocenters. The third kappa shape index (κ3) is 2.38. The molecular formula is C18H19NO5. The Labute approximate surface area is 138 Å². The Morgan fingerprint density at radius 2 is 1.75 bits per heavy atom. The highest BCUT2D eigenvalue weighted by Gasteiger charge is 2.38. The van der Waals surface area contributed by atoms with Crippen LogP contribution >= 0.6 is 0 Å². The van der Waals surface area contributed by atoms with Crippen LogP contribution < -0.4 is 5.76 Å². The van der Waals surface area contributed by atoms with Gasteiger partial charge in [0.2, 0.25) is 0 Å². The molecule has 6 heteroatoms. The van der Waals surface area contributed by atoms with Crippen molar-refractivity contribution in [2.24, 2.45) is 12.5 Å². The lowest BCUT2D eigenvalue weighted by Crippen LogP contribution is -2.32. The zero-order valence-corrected chi connectivity index (χ0v) is 14.1. The van der Waals surface area contributed by atoms with Crippen molar-refractivity contribution < 1.29 is 19.1 Å². The summed E-state index contributed by atoms with van der Waals surface area (Å²) in [5.41, 5.74) is 1.31. The molecule has 1 fully saturated rings. The number of carbonyl (C=O) groups excluding carboxylic acids is 2. The van der Waals surface area contributed by atoms with Crippen LogP contribution in [0.15, 0.2) is 26.9 Å². The SMILES string of the molecule is Cc1c(C(O)=C2C(=O)CC(C)(C)CC2=O)ccc2oc(=O)n(C)c12. The van der Waals surface area contributed by atoms with E-state index in [1.54, 1.807) is 26.1 Å². The summed E-state index contributed by atoms with van der Waals surface area (Å²) in [5.74, 6) is -1.54. The molecule has 2 aromatic rings. The smallest absolute Gasteiger partial charge is 0.419 e. The fraction of sp³-hybridized carbons (Fsp3) is 0.389. The largest absolute Gasteiger partial charge is 0.506 e. The summed E-state index contributed by atoms with van der Waals surface area (Å²) in [6, 6.07) is 3.11. The van der Waals surface area contributed by atoms with Gasteiger partial charge < -0.3 is 9.52 Å². The molecule has 0 atom stereocenters. The normalized spacial score (nSPS) is 17.6. The number of Topliss-reactive ketones (excluding diaryl/α,β-unsaturated/α-hetero) is 2. The molecule has 3 rings (SSSR count). The second kappa shape index (κ2) is 5.19. The summed E-state index contributed by atoms with van der Waals surface area (Å²) < 4.78 is 6.44. The number of aryl methyl sites for hydroxylation is 2. The average Bonchev–Trinajstić information content (AvgIpc) is 2.72. The van der Waals surface area contributed by atoms with E-state index in [9.17, 15) is 19.5 Å². The molecule has 0 aliphatic heterocycles. The molecule has 6 nitrogen and oxygen atoms in total. The Morgan fingerprint density at radius 3 is 2.33 bits per heavy atom. The second-order valence-corrected chi connectivity index (χ2v) is 7.10. The molecule has 0 amide bonds. The van der Waals surface area contributed by atoms with Crippen LogP contribution in [0.1, 0.15) is 37.8 Å². The van der Waals surface area contributed by atoms with Gasteiger partial charge in [0.1, 0.15) is 11.3 Å². The number of rotatable bonds is 1. The summed E-state index contributed by atoms with van der Waals surface area (Å²) >= 11 is 0. The molecule has 1 saturated carbocycles. The quantitative estimate of drug-likeness (QED) is 0.493. The summed E-state index contributed by atoms with van der Waals surface area (Å²) in [4.78, 5) is 36.4. The number of hydrogen-bond donors (Lipinski definition) is 1. The molecule has 24 heavy (non-hydrogen) atoms. The van der Waals surface area contributed by atoms with Crippen molar-refractivity contribution in [3.63, 3.8) is 0 Å². The Kier molecular flexibility index (Phi) is 3.51. The second-order valence-electron chi connectivity index (χ2n) is 7.10. The van der Waals surface area contributed by atoms with E-state index >= 15 is 0 Å². The first-order valence-electron chi connectivity index (χ1n) is 7.71. The number of hydrogen-bond acceptors (Lipinski definition) is 5. The lowest BCUT2D eigenvalue weighted by Gasteiger charge is -2.29. The lowest BCUT2D eigenvalue weighted by atomic mass is 9.73. The maximum absolute atomic E-state index is 12.4. The maximum Gasteiger partial charge on any atom is 0.419 e. The maximum atomic E-state index is 12.4. The van der Waals surface area contributed by atoms with Gasteiger partial charge in [0, 0.05) is 25.5 Å². The van der Waals surface area contributed by atoms with Gasteiger partial charge in [-0.15, -0.1) is 0 Å². The van der Waals surface area contributed by atoms with Crippen LogP contribution in [0.25, 0.3) is 16.9 Å². The minimum Gasteiger partial charge on any atom is -0.506 e. The highest BCUT2D eigenvalue weighted by molar-refractivity contribution is 6.26. The van der Waals surface area contributed by atoms with Crippen LogP contribution in [0.2, 0.25) is 0 Å². The molecule has 1 N–H and O–H groups in total. The van der Waals surface area contributed by atoms with Crippen LogP contribution in [0.3, 0.4) is 0 Å². The standard InChI is InChI=1S/C18H19NO5/c1-9-10(5-6-13-15(9)19(4)17(23)24-13)16(22)14-11(20)7-18(2,3)8-12(14)21/h5-6,22H,7-8H2,1-4H3. The van der Waals surface area contributed by atoms with E-state index in [0.717, 1.165) is 0 Å². The number of ketones is 2. The summed E-state index contributed by atoms with van der Waals surface area (Å²) in [7, 11) is 1.56. The van der Waals surface area contributed by atoms with Crippen molar-refractivity contribution in [1.29, 1.82) is 0 Å². The molecule has 1 aliphatic rings. The monoisotopic (exact) mass is 329 g/mol. The fourth-order valence-corrected chi connectivity index (χ4v) is 3.35. The highest BCUT2D eigenvalue weighted by Crippen LogP contribution is 2.37. The first-order chi connectivity index (χ1) is 11.1. The van der Waals surface area contributed by atoms with E-state index in [1.807, 2.05) is 13.8 Å². The van der Waals surface area contributed by atoms with Gasteiger partial charge in [-0.25, -0.2) is 4.79 Å². The van der Waals surface area contributed by atoms with Crippen LogP contribution in [0.4, 0.5) is 0 Å². The van der Waals surface area contributed by atoms with Gasteiger partial charge in [-0.1, -0.05) is 13.8 Å². The predicted octanol–water partition coefficient (Wildman–Crippen LogP) is 2.67. The van der Waals surface area contributed by atoms with Gasteiger partial charge in [0.15, 0.2) is 17.1 Å². The van der Waals surface area contributed by atoms with Crippen molar-refractivity contribution in [1.82, 2.24) is 4.57 Å². The zero-order valence-electron chi connectivity index (χ0n) is 14.1. The predicted molar refractivity (Wildman–Crippen MR) is 88.8 cm³/mol. The first-order valence-corrected chi connectivity index (χ1v) is 7.71. The molecule has 126 valence electrons. The summed E-state index contributed by atoms with van der Waals surface area (Å²) in [6.07, 6.45) is 0.424. The van der Waals surface area contributed by atoms with Crippen molar-refractivity contribution in [3.8, 4) is 0 Å². The van der Waals surface area contributed by atoms with E-state index in [4.69, 9.17) is 4.42 Å². The summed E-state index contributed by atoms with van der Waals surface area (Å²) in [5, 5.41) is 10.6. The van der Waals surface area contributed by atoms with Gasteiger partial charge in [0.05, 0.1) is 5.52 Å². The average molecular weight is 329 g/mol. The Bertz CT molecular complexity index is 949. The first kappa shape index (κ1) is 16.2. The van der Waals surface area contributed by atoms with Gasteiger partial charge in [-0.2, -0.15) is 0 Å². The van der Waals surface area contributed by atoms with Crippen molar-refractivity contribution in [2.75, 3.05) is 0 Å². The molecule has 1 heterocycles. The van der Waals surface area contributed by atoms with Crippen LogP contribution in [-0.4, -0.2) is 21.2 Å². The molecule has 1 aromatic carbocycles. The molecule has 0 radical (unpaired) electrons. The van der Waals surface area contributed by atoms with Crippen molar-refractivity contribution in [3.05, 3.63) is 39.4 Å². The van der Waals surface area contributed by atoms with Crippen molar-refractivity contribution >= 4 is 28.4 Å². The Morgan fingerprint density at radius 1 is 1.17 bits per heavy atom. The van der Waals surface area contributed by atoms with Crippen LogP contribution in [0, 0.1) is 12.3 Å². The third-order valence-electron chi connectivity index (χ3n) is 4.53. The Balaban J connectivity index is 2.22. The number of allylic oxidation sites excluding steroid dienone is 1. The van der Waals surface area contributed by atoms with Crippen LogP contribution in [0.5, 0.6) is 0 Å². The number of carbonyl (C=O) groups is 2. The van der Waals surface area contributed by atoms with Crippen molar-refractivity contribution in [2.45, 2.75) is 33.6 Å². The minimum absolute atomic E-state index is 0.148. The topological polar surface area (TPSA) is 89.5 Å². The third-order valence-corrected chi connectivity index (χ3v) is 4.53. The van der Waals surface area contributed by atoms with Crippen LogP contribution in [-0.2, 0) is 16.6 Å². The number of benzene rings is 1. The summed E-state index contributed by atoms with van der Waals surface area (Å²) in [6.45, 7) is 5.43. The molecule has 1 aliphatic carbocycles. The fourth-order valence-electron chi connectivity index (χ4n) is 3.35. The highest BCUT2D eigenvalue weighted by atomic mass is 16.4. The number of fused-ring (bicyclic) bond motifs is 1. The minimum atomic E-state index is -0.510. The number of aliphatic hydroxyl groups is 1. The number of nitrogens with zero attached hydrogens (tertiary/aromatic N) is 1. The number of oxazole rings is 1. The molecule has 0 saturated heterocycles. The van der Waals surface area contributed by atoms with Gasteiger partial charge in [-0.05, 0) is 30.0 Å². The number of aromatic nitrogens is 1. The van der Waals surface area contributed by atoms with Gasteiger partial charge in [-0.3, -0.25) is 14.2 Å². The molecule has 1 aromatic heterocycles. The van der Waals surface area contributed by atoms with E-state index in [0.29, 0.717) is 22.2 Å². The Hall–Kier alpha value is -2.63. The van der Waals surface area contributed by atoms with Gasteiger partial charge >= 0.3 is 5.76 Å².